The molecule has 0 unspecified atom stereocenters. The third kappa shape index (κ3) is 3.15. The van der Waals surface area contributed by atoms with Gasteiger partial charge in [0.2, 0.25) is 5.91 Å². The maximum atomic E-state index is 12.5. The van der Waals surface area contributed by atoms with E-state index in [0.29, 0.717) is 25.9 Å². The number of nitrogens with one attached hydrogen (secondary N) is 1. The number of carbonyl (C=O) groups is 1. The normalized spacial score (nSPS) is 11.0. The van der Waals surface area contributed by atoms with Gasteiger partial charge in [-0.3, -0.25) is 9.59 Å². The van der Waals surface area contributed by atoms with E-state index in [0.717, 1.165) is 15.1 Å². The van der Waals surface area contributed by atoms with Gasteiger partial charge in [0.05, 0.1) is 16.1 Å². The van der Waals surface area contributed by atoms with Gasteiger partial charge in [0.15, 0.2) is 4.83 Å². The summed E-state index contributed by atoms with van der Waals surface area (Å²) in [6.45, 7) is 3.52. The van der Waals surface area contributed by atoms with E-state index in [1.165, 1.54) is 17.4 Å². The fraction of sp³-hybridized carbons (Fsp3) is 0.200. The highest BCUT2D eigenvalue weighted by Crippen LogP contribution is 2.26. The molecule has 1 amide bonds. The number of thiophene rings is 1. The maximum Gasteiger partial charge on any atom is 0.279 e. The lowest BCUT2D eigenvalue weighted by atomic mass is 10.2. The van der Waals surface area contributed by atoms with E-state index in [1.54, 1.807) is 12.1 Å². The second kappa shape index (κ2) is 6.51. The maximum absolute atomic E-state index is 12.5. The molecule has 2 heterocycles. The van der Waals surface area contributed by atoms with Crippen molar-refractivity contribution in [2.24, 2.45) is 0 Å². The molecule has 24 heavy (non-hydrogen) atoms. The average molecular weight is 383 g/mol. The summed E-state index contributed by atoms with van der Waals surface area (Å²) in [4.78, 5) is 26.3. The molecule has 1 N–H and O–H groups in total. The Morgan fingerprint density at radius 3 is 2.79 bits per heavy atom. The second-order valence-electron chi connectivity index (χ2n) is 5.19. The Hall–Kier alpha value is -1.96. The zero-order valence-corrected chi connectivity index (χ0v) is 15.1. The first-order valence-electron chi connectivity index (χ1n) is 6.95. The minimum absolute atomic E-state index is 0.255. The first-order valence-corrected chi connectivity index (χ1v) is 8.52. The molecule has 0 saturated carbocycles. The molecule has 0 spiro atoms. The van der Waals surface area contributed by atoms with Crippen LogP contribution in [0.3, 0.4) is 0 Å². The van der Waals surface area contributed by atoms with Crippen LogP contribution in [0.1, 0.15) is 10.4 Å². The number of rotatable bonds is 3. The van der Waals surface area contributed by atoms with Gasteiger partial charge in [-0.25, -0.2) is 4.68 Å². The zero-order valence-electron chi connectivity index (χ0n) is 12.8. The number of fused-ring (bicyclic) bond motifs is 1. The van der Waals surface area contributed by atoms with Crippen LogP contribution in [-0.2, 0) is 11.3 Å². The van der Waals surface area contributed by atoms with Crippen LogP contribution in [0.15, 0.2) is 23.0 Å². The average Bonchev–Trinajstić information content (AvgIpc) is 2.81. The van der Waals surface area contributed by atoms with Gasteiger partial charge < -0.3 is 5.32 Å². The molecule has 3 rings (SSSR count). The molecular formula is C15H12Cl2N4O2S. The highest BCUT2D eigenvalue weighted by Gasteiger charge is 2.15. The Morgan fingerprint density at radius 1 is 1.33 bits per heavy atom. The molecule has 1 aromatic carbocycles. The SMILES string of the molecule is Cc1sc2nnn(CC(=O)Nc3ccc(Cl)cc3Cl)c(=O)c2c1C. The quantitative estimate of drug-likeness (QED) is 0.752. The molecule has 0 radical (unpaired) electrons. The van der Waals surface area contributed by atoms with Crippen molar-refractivity contribution in [2.45, 2.75) is 20.4 Å². The van der Waals surface area contributed by atoms with E-state index in [2.05, 4.69) is 15.6 Å². The molecule has 0 fully saturated rings. The molecule has 0 aliphatic heterocycles. The van der Waals surface area contributed by atoms with Gasteiger partial charge in [-0.2, -0.15) is 0 Å². The highest BCUT2D eigenvalue weighted by molar-refractivity contribution is 7.18. The van der Waals surface area contributed by atoms with Crippen molar-refractivity contribution < 1.29 is 4.79 Å². The molecule has 0 atom stereocenters. The number of aryl methyl sites for hydroxylation is 2. The third-order valence-electron chi connectivity index (χ3n) is 3.56. The van der Waals surface area contributed by atoms with E-state index in [1.807, 2.05) is 13.8 Å². The van der Waals surface area contributed by atoms with Gasteiger partial charge in [-0.15, -0.1) is 16.4 Å². The Morgan fingerprint density at radius 2 is 2.08 bits per heavy atom. The number of anilines is 1. The molecule has 3 aromatic rings. The molecule has 0 saturated heterocycles. The minimum atomic E-state index is -0.431. The van der Waals surface area contributed by atoms with Crippen LogP contribution in [0, 0.1) is 13.8 Å². The number of carbonyl (C=O) groups excluding carboxylic acids is 1. The van der Waals surface area contributed by atoms with Gasteiger partial charge in [0, 0.05) is 9.90 Å². The van der Waals surface area contributed by atoms with Crippen LogP contribution in [-0.4, -0.2) is 20.9 Å². The first kappa shape index (κ1) is 16.9. The summed E-state index contributed by atoms with van der Waals surface area (Å²) in [5.74, 6) is -0.431. The van der Waals surface area contributed by atoms with Crippen molar-refractivity contribution in [3.8, 4) is 0 Å². The fourth-order valence-electron chi connectivity index (χ4n) is 2.22. The number of nitrogens with zero attached hydrogens (tertiary/aromatic N) is 3. The van der Waals surface area contributed by atoms with Crippen molar-refractivity contribution in [1.82, 2.24) is 15.0 Å². The van der Waals surface area contributed by atoms with E-state index in [9.17, 15) is 9.59 Å². The number of hydrogen-bond donors (Lipinski definition) is 1. The Bertz CT molecular complexity index is 1010. The number of halogens is 2. The summed E-state index contributed by atoms with van der Waals surface area (Å²) in [5, 5.41) is 11.8. The molecule has 0 aliphatic carbocycles. The van der Waals surface area contributed by atoms with Crippen molar-refractivity contribution in [3.05, 3.63) is 49.0 Å². The lowest BCUT2D eigenvalue weighted by Crippen LogP contribution is -2.30. The Kier molecular flexibility index (Phi) is 4.58. The van der Waals surface area contributed by atoms with Crippen LogP contribution in [0.4, 0.5) is 5.69 Å². The number of hydrogen-bond acceptors (Lipinski definition) is 5. The summed E-state index contributed by atoms with van der Waals surface area (Å²) >= 11 is 13.2. The molecule has 0 bridgehead atoms. The number of benzene rings is 1. The lowest BCUT2D eigenvalue weighted by Gasteiger charge is -2.08. The topological polar surface area (TPSA) is 76.9 Å². The third-order valence-corrected chi connectivity index (χ3v) is 5.20. The van der Waals surface area contributed by atoms with Crippen LogP contribution >= 0.6 is 34.5 Å². The van der Waals surface area contributed by atoms with Crippen molar-refractivity contribution in [1.29, 1.82) is 0 Å². The molecule has 9 heteroatoms. The largest absolute Gasteiger partial charge is 0.323 e. The predicted molar refractivity (Wildman–Crippen MR) is 96.2 cm³/mol. The molecular weight excluding hydrogens is 371 g/mol. The molecule has 124 valence electrons. The standard InChI is InChI=1S/C15H12Cl2N4O2S/c1-7-8(2)24-14-13(7)15(23)21(20-19-14)6-12(22)18-11-4-3-9(16)5-10(11)17/h3-5H,6H2,1-2H3,(H,18,22). The monoisotopic (exact) mass is 382 g/mol. The van der Waals surface area contributed by atoms with Gasteiger partial charge in [0.25, 0.3) is 5.56 Å². The molecule has 6 nitrogen and oxygen atoms in total. The fourth-order valence-corrected chi connectivity index (χ4v) is 3.64. The first-order chi connectivity index (χ1) is 11.4. The van der Waals surface area contributed by atoms with Crippen molar-refractivity contribution in [3.63, 3.8) is 0 Å². The summed E-state index contributed by atoms with van der Waals surface area (Å²) in [5.41, 5.74) is 0.944. The molecule has 0 aliphatic rings. The van der Waals surface area contributed by atoms with Crippen LogP contribution < -0.4 is 10.9 Å². The Labute approximate surface area is 151 Å². The summed E-state index contributed by atoms with van der Waals surface area (Å²) in [6.07, 6.45) is 0. The van der Waals surface area contributed by atoms with Gasteiger partial charge in [-0.1, -0.05) is 28.4 Å². The van der Waals surface area contributed by atoms with Crippen LogP contribution in [0.25, 0.3) is 10.2 Å². The van der Waals surface area contributed by atoms with Crippen molar-refractivity contribution >= 4 is 56.3 Å². The van der Waals surface area contributed by atoms with Crippen LogP contribution in [0.5, 0.6) is 0 Å². The summed E-state index contributed by atoms with van der Waals surface area (Å²) < 4.78 is 1.04. The van der Waals surface area contributed by atoms with E-state index >= 15 is 0 Å². The van der Waals surface area contributed by atoms with E-state index in [4.69, 9.17) is 23.2 Å². The van der Waals surface area contributed by atoms with E-state index in [-0.39, 0.29) is 12.1 Å². The second-order valence-corrected chi connectivity index (χ2v) is 7.23. The van der Waals surface area contributed by atoms with Gasteiger partial charge in [-0.05, 0) is 37.6 Å². The number of aromatic nitrogens is 3. The smallest absolute Gasteiger partial charge is 0.279 e. The number of amides is 1. The highest BCUT2D eigenvalue weighted by atomic mass is 35.5. The summed E-state index contributed by atoms with van der Waals surface area (Å²) in [6, 6.07) is 4.72. The van der Waals surface area contributed by atoms with Crippen LogP contribution in [0.2, 0.25) is 10.0 Å². The zero-order chi connectivity index (χ0) is 17.4. The predicted octanol–water partition coefficient (Wildman–Crippen LogP) is 3.42. The summed E-state index contributed by atoms with van der Waals surface area (Å²) in [7, 11) is 0. The minimum Gasteiger partial charge on any atom is -0.323 e. The van der Waals surface area contributed by atoms with Gasteiger partial charge in [0.1, 0.15) is 6.54 Å². The van der Waals surface area contributed by atoms with E-state index < -0.39 is 5.91 Å². The van der Waals surface area contributed by atoms with Gasteiger partial charge >= 0.3 is 0 Å². The van der Waals surface area contributed by atoms with Crippen molar-refractivity contribution in [2.75, 3.05) is 5.32 Å². The lowest BCUT2D eigenvalue weighted by molar-refractivity contribution is -0.117. The molecule has 2 aromatic heterocycles. The Balaban J connectivity index is 1.87.